The van der Waals surface area contributed by atoms with Gasteiger partial charge < -0.3 is 0 Å². The number of nitrogens with one attached hydrogen (secondary N) is 1. The molecule has 1 aromatic heterocycles. The number of amides is 1. The van der Waals surface area contributed by atoms with Gasteiger partial charge in [-0.25, -0.2) is 8.42 Å². The van der Waals surface area contributed by atoms with Gasteiger partial charge in [0.25, 0.3) is 0 Å². The van der Waals surface area contributed by atoms with Crippen molar-refractivity contribution in [2.45, 2.75) is 33.2 Å². The minimum Gasteiger partial charge on any atom is -0.299 e. The van der Waals surface area contributed by atoms with Crippen LogP contribution in [0.4, 0.5) is 10.8 Å². The van der Waals surface area contributed by atoms with E-state index in [1.54, 1.807) is 25.1 Å². The summed E-state index contributed by atoms with van der Waals surface area (Å²) in [7, 11) is -3.72. The summed E-state index contributed by atoms with van der Waals surface area (Å²) in [4.78, 5) is 13.1. The van der Waals surface area contributed by atoms with Crippen molar-refractivity contribution in [3.05, 3.63) is 58.6 Å². The molecule has 0 spiro atoms. The second-order valence-corrected chi connectivity index (χ2v) is 10.5. The van der Waals surface area contributed by atoms with Gasteiger partial charge in [-0.1, -0.05) is 54.1 Å². The zero-order valence-corrected chi connectivity index (χ0v) is 20.0. The molecule has 164 valence electrons. The Hall–Kier alpha value is -2.49. The maximum Gasteiger partial charge on any atom is 0.250 e. The summed E-state index contributed by atoms with van der Waals surface area (Å²) in [6, 6.07) is 11.7. The quantitative estimate of drug-likeness (QED) is 0.533. The Morgan fingerprint density at radius 2 is 1.84 bits per heavy atom. The maximum absolute atomic E-state index is 13.1. The molecule has 0 bridgehead atoms. The third kappa shape index (κ3) is 5.41. The molecule has 7 nitrogen and oxygen atoms in total. The van der Waals surface area contributed by atoms with Crippen molar-refractivity contribution >= 4 is 49.7 Å². The number of nitrogens with zero attached hydrogens (tertiary/aromatic N) is 3. The molecular formula is C21H23ClN4O3S2. The van der Waals surface area contributed by atoms with Crippen molar-refractivity contribution < 1.29 is 13.2 Å². The Labute approximate surface area is 191 Å². The van der Waals surface area contributed by atoms with Crippen molar-refractivity contribution in [1.82, 2.24) is 10.2 Å². The normalized spacial score (nSPS) is 12.4. The molecule has 3 aromatic rings. The number of benzene rings is 2. The van der Waals surface area contributed by atoms with Gasteiger partial charge in [-0.3, -0.25) is 14.4 Å². The average molecular weight is 479 g/mol. The van der Waals surface area contributed by atoms with Crippen LogP contribution >= 0.6 is 22.9 Å². The first-order valence-electron chi connectivity index (χ1n) is 9.57. The Morgan fingerprint density at radius 3 is 2.45 bits per heavy atom. The second-order valence-electron chi connectivity index (χ2n) is 7.18. The zero-order chi connectivity index (χ0) is 22.8. The van der Waals surface area contributed by atoms with E-state index < -0.39 is 22.0 Å². The van der Waals surface area contributed by atoms with Crippen LogP contribution in [0.5, 0.6) is 0 Å². The van der Waals surface area contributed by atoms with Crippen molar-refractivity contribution in [3.8, 4) is 10.6 Å². The van der Waals surface area contributed by atoms with Crippen molar-refractivity contribution in [2.75, 3.05) is 15.9 Å². The number of carbonyl (C=O) groups excluding carboxylic acids is 1. The van der Waals surface area contributed by atoms with E-state index in [0.717, 1.165) is 22.9 Å². The Balaban J connectivity index is 1.89. The molecule has 0 aliphatic rings. The minimum absolute atomic E-state index is 0.287. The second kappa shape index (κ2) is 9.33. The third-order valence-corrected chi connectivity index (χ3v) is 6.98. The predicted octanol–water partition coefficient (Wildman–Crippen LogP) is 4.66. The van der Waals surface area contributed by atoms with E-state index in [1.165, 1.54) is 15.6 Å². The summed E-state index contributed by atoms with van der Waals surface area (Å²) in [5, 5.41) is 12.4. The fraction of sp³-hybridized carbons (Fsp3) is 0.286. The molecule has 3 rings (SSSR count). The van der Waals surface area contributed by atoms with E-state index in [9.17, 15) is 13.2 Å². The molecule has 31 heavy (non-hydrogen) atoms. The van der Waals surface area contributed by atoms with Gasteiger partial charge in [0, 0.05) is 10.6 Å². The maximum atomic E-state index is 13.1. The number of hydrogen-bond acceptors (Lipinski definition) is 6. The molecule has 1 amide bonds. The zero-order valence-electron chi connectivity index (χ0n) is 17.6. The van der Waals surface area contributed by atoms with Crippen LogP contribution in [-0.2, 0) is 14.8 Å². The monoisotopic (exact) mass is 478 g/mol. The van der Waals surface area contributed by atoms with Crippen LogP contribution in [0.2, 0.25) is 5.02 Å². The van der Waals surface area contributed by atoms with E-state index in [0.29, 0.717) is 20.8 Å². The number of aryl methyl sites for hydroxylation is 2. The van der Waals surface area contributed by atoms with Crippen LogP contribution in [0.3, 0.4) is 0 Å². The molecule has 0 fully saturated rings. The van der Waals surface area contributed by atoms with Gasteiger partial charge in [0.1, 0.15) is 11.0 Å². The van der Waals surface area contributed by atoms with Crippen LogP contribution in [-0.4, -0.2) is 36.8 Å². The third-order valence-electron chi connectivity index (χ3n) is 4.68. The molecule has 1 N–H and O–H groups in total. The van der Waals surface area contributed by atoms with E-state index >= 15 is 0 Å². The molecule has 0 saturated carbocycles. The van der Waals surface area contributed by atoms with Crippen LogP contribution < -0.4 is 9.62 Å². The van der Waals surface area contributed by atoms with Crippen LogP contribution in [0.15, 0.2) is 42.5 Å². The number of rotatable bonds is 7. The average Bonchev–Trinajstić information content (AvgIpc) is 3.16. The summed E-state index contributed by atoms with van der Waals surface area (Å²) < 4.78 is 26.5. The first kappa shape index (κ1) is 23.2. The molecular weight excluding hydrogens is 456 g/mol. The van der Waals surface area contributed by atoms with Crippen molar-refractivity contribution in [2.24, 2.45) is 0 Å². The molecule has 1 heterocycles. The van der Waals surface area contributed by atoms with Crippen molar-refractivity contribution in [3.63, 3.8) is 0 Å². The smallest absolute Gasteiger partial charge is 0.250 e. The lowest BCUT2D eigenvalue weighted by Crippen LogP contribution is -2.47. The molecule has 0 radical (unpaired) electrons. The largest absolute Gasteiger partial charge is 0.299 e. The lowest BCUT2D eigenvalue weighted by molar-refractivity contribution is -0.117. The Kier molecular flexibility index (Phi) is 6.98. The molecule has 0 aliphatic carbocycles. The fourth-order valence-corrected chi connectivity index (χ4v) is 5.30. The number of carbonyl (C=O) groups is 1. The number of sulfonamides is 1. The Bertz CT molecular complexity index is 1190. The summed E-state index contributed by atoms with van der Waals surface area (Å²) in [6.07, 6.45) is 1.39. The van der Waals surface area contributed by atoms with E-state index in [-0.39, 0.29) is 6.42 Å². The van der Waals surface area contributed by atoms with Crippen molar-refractivity contribution in [1.29, 1.82) is 0 Å². The van der Waals surface area contributed by atoms with Gasteiger partial charge in [-0.15, -0.1) is 10.2 Å². The highest BCUT2D eigenvalue weighted by Gasteiger charge is 2.33. The highest BCUT2D eigenvalue weighted by molar-refractivity contribution is 7.92. The first-order valence-corrected chi connectivity index (χ1v) is 12.6. The molecule has 10 heteroatoms. The van der Waals surface area contributed by atoms with Gasteiger partial charge in [-0.05, 0) is 49.6 Å². The van der Waals surface area contributed by atoms with E-state index in [1.807, 2.05) is 38.1 Å². The summed E-state index contributed by atoms with van der Waals surface area (Å²) in [6.45, 7) is 5.47. The Morgan fingerprint density at radius 1 is 1.16 bits per heavy atom. The molecule has 1 atom stereocenters. The van der Waals surface area contributed by atoms with Gasteiger partial charge in [0.15, 0.2) is 0 Å². The topological polar surface area (TPSA) is 92.3 Å². The van der Waals surface area contributed by atoms with Gasteiger partial charge >= 0.3 is 0 Å². The molecule has 2 aromatic carbocycles. The van der Waals surface area contributed by atoms with Gasteiger partial charge in [0.2, 0.25) is 21.1 Å². The minimum atomic E-state index is -3.72. The highest BCUT2D eigenvalue weighted by atomic mass is 35.5. The van der Waals surface area contributed by atoms with E-state index in [2.05, 4.69) is 15.5 Å². The SMILES string of the molecule is CC[C@@H](C(=O)Nc1nnc(-c2ccc(Cl)cc2)s1)N(c1cc(C)ccc1C)S(C)(=O)=O. The molecule has 0 aliphatic heterocycles. The fourth-order valence-electron chi connectivity index (χ4n) is 3.16. The van der Waals surface area contributed by atoms with Gasteiger partial charge in [0.05, 0.1) is 11.9 Å². The van der Waals surface area contributed by atoms with Crippen LogP contribution in [0, 0.1) is 13.8 Å². The van der Waals surface area contributed by atoms with E-state index in [4.69, 9.17) is 11.6 Å². The first-order chi connectivity index (χ1) is 14.6. The number of hydrogen-bond donors (Lipinski definition) is 1. The summed E-state index contributed by atoms with van der Waals surface area (Å²) >= 11 is 7.12. The number of aromatic nitrogens is 2. The molecule has 0 unspecified atom stereocenters. The number of halogens is 1. The summed E-state index contributed by atoms with van der Waals surface area (Å²) in [5.74, 6) is -0.465. The lowest BCUT2D eigenvalue weighted by Gasteiger charge is -2.31. The summed E-state index contributed by atoms with van der Waals surface area (Å²) in [5.41, 5.74) is 2.98. The number of anilines is 2. The van der Waals surface area contributed by atoms with Gasteiger partial charge in [-0.2, -0.15) is 0 Å². The van der Waals surface area contributed by atoms with Crippen LogP contribution in [0.25, 0.3) is 10.6 Å². The van der Waals surface area contributed by atoms with Crippen LogP contribution in [0.1, 0.15) is 24.5 Å². The highest BCUT2D eigenvalue weighted by Crippen LogP contribution is 2.30. The lowest BCUT2D eigenvalue weighted by atomic mass is 10.1. The molecule has 0 saturated heterocycles. The standard InChI is InChI=1S/C21H23ClN4O3S2/c1-5-17(26(31(4,28)29)18-12-13(2)6-7-14(18)3)19(27)23-21-25-24-20(30-21)15-8-10-16(22)11-9-15/h6-12,17H,5H2,1-4H3,(H,23,25,27)/t17-/m0/s1. The predicted molar refractivity (Wildman–Crippen MR) is 126 cm³/mol.